The highest BCUT2D eigenvalue weighted by Crippen LogP contribution is 2.34. The van der Waals surface area contributed by atoms with Gasteiger partial charge in [-0.3, -0.25) is 0 Å². The van der Waals surface area contributed by atoms with E-state index in [-0.39, 0.29) is 0 Å². The average molecular weight is 173 g/mol. The molecule has 1 fully saturated rings. The maximum absolute atomic E-state index is 3.66. The van der Waals surface area contributed by atoms with E-state index < -0.39 is 0 Å². The molecular weight excluding hydrogens is 154 g/mol. The number of nitrogens with one attached hydrogen (secondary N) is 1. The molecule has 66 valence electrons. The summed E-state index contributed by atoms with van der Waals surface area (Å²) < 4.78 is 0. The number of thioether (sulfide) groups is 1. The standard InChI is InChI=1S/C9H19NS/c1-7(2)9(4)10-8(3)5-6-11-9/h7-8,10H,5-6H2,1-4H3. The van der Waals surface area contributed by atoms with Crippen LogP contribution in [0.5, 0.6) is 0 Å². The van der Waals surface area contributed by atoms with Crippen LogP contribution in [0.3, 0.4) is 0 Å². The Balaban J connectivity index is 2.55. The Kier molecular flexibility index (Phi) is 2.87. The highest BCUT2D eigenvalue weighted by Gasteiger charge is 2.32. The van der Waals surface area contributed by atoms with Crippen LogP contribution in [0.15, 0.2) is 0 Å². The molecule has 0 saturated carbocycles. The second kappa shape index (κ2) is 3.36. The highest BCUT2D eigenvalue weighted by molar-refractivity contribution is 8.00. The summed E-state index contributed by atoms with van der Waals surface area (Å²) in [5, 5.41) is 3.66. The third-order valence-corrected chi connectivity index (χ3v) is 4.22. The average Bonchev–Trinajstić information content (AvgIpc) is 1.86. The summed E-state index contributed by atoms with van der Waals surface area (Å²) in [7, 11) is 0. The van der Waals surface area contributed by atoms with Crippen molar-refractivity contribution in [1.82, 2.24) is 5.32 Å². The molecule has 1 aliphatic rings. The molecule has 2 unspecified atom stereocenters. The maximum atomic E-state index is 3.66. The third-order valence-electron chi connectivity index (χ3n) is 2.59. The van der Waals surface area contributed by atoms with Crippen molar-refractivity contribution in [2.45, 2.75) is 45.0 Å². The molecule has 1 saturated heterocycles. The van der Waals surface area contributed by atoms with E-state index >= 15 is 0 Å². The van der Waals surface area contributed by atoms with Gasteiger partial charge in [0.1, 0.15) is 0 Å². The second-order valence-electron chi connectivity index (χ2n) is 3.94. The van der Waals surface area contributed by atoms with E-state index in [1.807, 2.05) is 0 Å². The molecule has 1 aliphatic heterocycles. The van der Waals surface area contributed by atoms with Gasteiger partial charge in [-0.1, -0.05) is 13.8 Å². The molecular formula is C9H19NS. The number of rotatable bonds is 1. The third kappa shape index (κ3) is 2.12. The van der Waals surface area contributed by atoms with Crippen molar-refractivity contribution in [1.29, 1.82) is 0 Å². The molecule has 1 rings (SSSR count). The van der Waals surface area contributed by atoms with E-state index in [0.717, 1.165) is 5.92 Å². The molecule has 0 aromatic carbocycles. The van der Waals surface area contributed by atoms with Crippen LogP contribution in [-0.2, 0) is 0 Å². The Morgan fingerprint density at radius 1 is 1.55 bits per heavy atom. The normalized spacial score (nSPS) is 39.5. The number of hydrogen-bond donors (Lipinski definition) is 1. The zero-order chi connectivity index (χ0) is 8.48. The SMILES string of the molecule is CC1CCSC(C)(C(C)C)N1. The fourth-order valence-corrected chi connectivity index (χ4v) is 2.90. The van der Waals surface area contributed by atoms with Crippen molar-refractivity contribution in [2.75, 3.05) is 5.75 Å². The van der Waals surface area contributed by atoms with E-state index in [1.54, 1.807) is 0 Å². The molecule has 0 amide bonds. The monoisotopic (exact) mass is 173 g/mol. The van der Waals surface area contributed by atoms with Crippen LogP contribution in [0.2, 0.25) is 0 Å². The molecule has 0 aliphatic carbocycles. The van der Waals surface area contributed by atoms with Crippen molar-refractivity contribution in [3.05, 3.63) is 0 Å². The van der Waals surface area contributed by atoms with Crippen molar-refractivity contribution in [3.8, 4) is 0 Å². The zero-order valence-electron chi connectivity index (χ0n) is 7.98. The van der Waals surface area contributed by atoms with Gasteiger partial charge >= 0.3 is 0 Å². The van der Waals surface area contributed by atoms with E-state index in [2.05, 4.69) is 44.8 Å². The van der Waals surface area contributed by atoms with Crippen LogP contribution >= 0.6 is 11.8 Å². The largest absolute Gasteiger partial charge is 0.300 e. The first-order chi connectivity index (χ1) is 5.04. The molecule has 0 aromatic heterocycles. The van der Waals surface area contributed by atoms with E-state index in [4.69, 9.17) is 0 Å². The van der Waals surface area contributed by atoms with Crippen LogP contribution in [0, 0.1) is 5.92 Å². The van der Waals surface area contributed by atoms with Gasteiger partial charge in [0.05, 0.1) is 4.87 Å². The van der Waals surface area contributed by atoms with Gasteiger partial charge in [-0.25, -0.2) is 0 Å². The maximum Gasteiger partial charge on any atom is 0.0641 e. The van der Waals surface area contributed by atoms with Crippen molar-refractivity contribution < 1.29 is 0 Å². The van der Waals surface area contributed by atoms with Gasteiger partial charge in [-0.15, -0.1) is 11.8 Å². The first-order valence-electron chi connectivity index (χ1n) is 4.46. The van der Waals surface area contributed by atoms with Gasteiger partial charge in [0.15, 0.2) is 0 Å². The Morgan fingerprint density at radius 3 is 2.55 bits per heavy atom. The molecule has 0 aromatic rings. The summed E-state index contributed by atoms with van der Waals surface area (Å²) in [5.74, 6) is 2.03. The molecule has 0 spiro atoms. The van der Waals surface area contributed by atoms with Gasteiger partial charge in [0, 0.05) is 6.04 Å². The summed E-state index contributed by atoms with van der Waals surface area (Å²) in [6.45, 7) is 9.18. The summed E-state index contributed by atoms with van der Waals surface area (Å²) >= 11 is 2.07. The van der Waals surface area contributed by atoms with Gasteiger partial charge in [0.2, 0.25) is 0 Å². The Bertz CT molecular complexity index is 136. The Hall–Kier alpha value is 0.310. The fraction of sp³-hybridized carbons (Fsp3) is 1.00. The predicted octanol–water partition coefficient (Wildman–Crippen LogP) is 2.47. The van der Waals surface area contributed by atoms with Gasteiger partial charge < -0.3 is 5.32 Å². The minimum Gasteiger partial charge on any atom is -0.300 e. The minimum atomic E-state index is 0.317. The van der Waals surface area contributed by atoms with Gasteiger partial charge in [-0.2, -0.15) is 0 Å². The zero-order valence-corrected chi connectivity index (χ0v) is 8.79. The van der Waals surface area contributed by atoms with Crippen LogP contribution in [0.25, 0.3) is 0 Å². The summed E-state index contributed by atoms with van der Waals surface area (Å²) in [5.41, 5.74) is 0. The summed E-state index contributed by atoms with van der Waals surface area (Å²) in [6, 6.07) is 0.698. The molecule has 1 N–H and O–H groups in total. The Morgan fingerprint density at radius 2 is 2.18 bits per heavy atom. The van der Waals surface area contributed by atoms with Crippen molar-refractivity contribution >= 4 is 11.8 Å². The van der Waals surface area contributed by atoms with Crippen LogP contribution < -0.4 is 5.32 Å². The molecule has 0 bridgehead atoms. The fourth-order valence-electron chi connectivity index (χ4n) is 1.38. The van der Waals surface area contributed by atoms with Crippen molar-refractivity contribution in [3.63, 3.8) is 0 Å². The molecule has 1 nitrogen and oxygen atoms in total. The highest BCUT2D eigenvalue weighted by atomic mass is 32.2. The second-order valence-corrected chi connectivity index (χ2v) is 5.49. The minimum absolute atomic E-state index is 0.317. The lowest BCUT2D eigenvalue weighted by molar-refractivity contribution is 0.331. The molecule has 0 radical (unpaired) electrons. The summed E-state index contributed by atoms with van der Waals surface area (Å²) in [6.07, 6.45) is 1.31. The molecule has 11 heavy (non-hydrogen) atoms. The van der Waals surface area contributed by atoms with Crippen LogP contribution in [0.1, 0.15) is 34.1 Å². The van der Waals surface area contributed by atoms with Gasteiger partial charge in [-0.05, 0) is 31.9 Å². The molecule has 2 heteroatoms. The van der Waals surface area contributed by atoms with Crippen LogP contribution in [0.4, 0.5) is 0 Å². The van der Waals surface area contributed by atoms with Gasteiger partial charge in [0.25, 0.3) is 0 Å². The van der Waals surface area contributed by atoms with E-state index in [1.165, 1.54) is 12.2 Å². The van der Waals surface area contributed by atoms with Crippen molar-refractivity contribution in [2.24, 2.45) is 5.92 Å². The lowest BCUT2D eigenvalue weighted by Crippen LogP contribution is -2.51. The quantitative estimate of drug-likeness (QED) is 0.654. The first kappa shape index (κ1) is 9.40. The Labute approximate surface area is 74.3 Å². The topological polar surface area (TPSA) is 12.0 Å². The van der Waals surface area contributed by atoms with Crippen LogP contribution in [-0.4, -0.2) is 16.7 Å². The van der Waals surface area contributed by atoms with E-state index in [0.29, 0.717) is 10.9 Å². The molecule has 2 atom stereocenters. The predicted molar refractivity (Wildman–Crippen MR) is 52.9 cm³/mol. The number of hydrogen-bond acceptors (Lipinski definition) is 2. The smallest absolute Gasteiger partial charge is 0.0641 e. The lowest BCUT2D eigenvalue weighted by Gasteiger charge is -2.41. The van der Waals surface area contributed by atoms with E-state index in [9.17, 15) is 0 Å². The lowest BCUT2D eigenvalue weighted by atomic mass is 10.0. The summed E-state index contributed by atoms with van der Waals surface area (Å²) in [4.78, 5) is 0.317. The molecule has 1 heterocycles. The first-order valence-corrected chi connectivity index (χ1v) is 5.45.